The zero-order valence-electron chi connectivity index (χ0n) is 16.4. The fourth-order valence-corrected chi connectivity index (χ4v) is 2.77. The monoisotopic (exact) mass is 435 g/mol. The van der Waals surface area contributed by atoms with E-state index in [4.69, 9.17) is 38.6 Å². The molecule has 2 aromatic carbocycles. The van der Waals surface area contributed by atoms with Crippen molar-refractivity contribution in [3.05, 3.63) is 75.3 Å². The highest BCUT2D eigenvalue weighted by atomic mass is 35.5. The highest BCUT2D eigenvalue weighted by Gasteiger charge is 2.14. The number of benzene rings is 2. The number of carbonyl (C=O) groups excluding carboxylic acids is 1. The van der Waals surface area contributed by atoms with Crippen LogP contribution in [0.3, 0.4) is 0 Å². The lowest BCUT2D eigenvalue weighted by molar-refractivity contribution is -0.114. The van der Waals surface area contributed by atoms with Crippen LogP contribution in [0.15, 0.2) is 53.7 Å². The Kier molecular flexibility index (Phi) is 10.7. The molecule has 6 nitrogen and oxygen atoms in total. The largest absolute Gasteiger partial charge is 0.400 e. The number of hydrogen-bond donors (Lipinski definition) is 3. The van der Waals surface area contributed by atoms with Crippen molar-refractivity contribution in [2.24, 2.45) is 5.16 Å². The Morgan fingerprint density at radius 2 is 1.79 bits per heavy atom. The number of rotatable bonds is 7. The quantitative estimate of drug-likeness (QED) is 0.446. The minimum absolute atomic E-state index is 0.120. The van der Waals surface area contributed by atoms with Gasteiger partial charge in [0.2, 0.25) is 0 Å². The minimum atomic E-state index is -0.457. The van der Waals surface area contributed by atoms with Crippen molar-refractivity contribution >= 4 is 46.6 Å². The molecule has 0 heterocycles. The predicted molar refractivity (Wildman–Crippen MR) is 119 cm³/mol. The van der Waals surface area contributed by atoms with E-state index in [1.54, 1.807) is 55.5 Å². The number of likely N-dealkylation sites (N-methyl/N-ethyl adjacent to an activating group) is 1. The van der Waals surface area contributed by atoms with Gasteiger partial charge in [0.1, 0.15) is 12.3 Å². The maximum Gasteiger partial charge on any atom is 0.269 e. The first-order valence-electron chi connectivity index (χ1n) is 8.56. The number of aliphatic hydroxyl groups excluding tert-OH is 1. The van der Waals surface area contributed by atoms with Crippen molar-refractivity contribution in [1.82, 2.24) is 5.32 Å². The van der Waals surface area contributed by atoms with Crippen LogP contribution in [-0.2, 0) is 16.2 Å². The second kappa shape index (κ2) is 12.7. The molecule has 154 valence electrons. The van der Waals surface area contributed by atoms with Gasteiger partial charge in [0.15, 0.2) is 0 Å². The van der Waals surface area contributed by atoms with Gasteiger partial charge >= 0.3 is 0 Å². The molecule has 0 radical (unpaired) electrons. The van der Waals surface area contributed by atoms with Crippen molar-refractivity contribution < 1.29 is 14.7 Å². The summed E-state index contributed by atoms with van der Waals surface area (Å²) in [5.74, 6) is -0.457. The summed E-state index contributed by atoms with van der Waals surface area (Å²) in [5, 5.41) is 22.5. The van der Waals surface area contributed by atoms with Crippen molar-refractivity contribution in [3.63, 3.8) is 0 Å². The molecule has 0 aliphatic rings. The van der Waals surface area contributed by atoms with Gasteiger partial charge in [-0.25, -0.2) is 0 Å². The molecular formula is C21H23Cl2N3O3. The van der Waals surface area contributed by atoms with Crippen LogP contribution in [0.4, 0.5) is 0 Å². The SMILES string of the molecule is CNC(=O)C(=N)c1ccccc1CON=C(C)/C=C/c1c(Cl)cccc1Cl.CO. The van der Waals surface area contributed by atoms with E-state index in [0.717, 1.165) is 7.11 Å². The topological polar surface area (TPSA) is 94.8 Å². The lowest BCUT2D eigenvalue weighted by Gasteiger charge is -2.09. The van der Waals surface area contributed by atoms with Crippen LogP contribution in [0.25, 0.3) is 6.08 Å². The molecule has 0 aliphatic carbocycles. The second-order valence-corrected chi connectivity index (χ2v) is 6.40. The van der Waals surface area contributed by atoms with Crippen molar-refractivity contribution in [3.8, 4) is 0 Å². The molecule has 2 rings (SSSR count). The summed E-state index contributed by atoms with van der Waals surface area (Å²) in [5.41, 5.74) is 2.40. The Labute approximate surface area is 180 Å². The highest BCUT2D eigenvalue weighted by molar-refractivity contribution is 6.44. The standard InChI is InChI=1S/C20H19Cl2N3O2.CH4O/c1-13(10-11-16-17(21)8-5-9-18(16)22)25-27-12-14-6-3-4-7-15(14)19(23)20(26)24-2;1-2/h3-11,23H,12H2,1-2H3,(H,24,26);2H,1H3/b11-10+,23-19?,25-13?;. The summed E-state index contributed by atoms with van der Waals surface area (Å²) in [4.78, 5) is 17.1. The molecule has 8 heteroatoms. The summed E-state index contributed by atoms with van der Waals surface area (Å²) in [6.45, 7) is 1.91. The van der Waals surface area contributed by atoms with Gasteiger partial charge in [0.25, 0.3) is 5.91 Å². The third kappa shape index (κ3) is 7.34. The van der Waals surface area contributed by atoms with E-state index in [0.29, 0.717) is 32.4 Å². The second-order valence-electron chi connectivity index (χ2n) is 5.59. The molecule has 0 unspecified atom stereocenters. The van der Waals surface area contributed by atoms with Crippen LogP contribution in [0.1, 0.15) is 23.6 Å². The van der Waals surface area contributed by atoms with Gasteiger partial charge in [-0.2, -0.15) is 0 Å². The molecule has 0 spiro atoms. The van der Waals surface area contributed by atoms with Crippen molar-refractivity contribution in [1.29, 1.82) is 5.41 Å². The van der Waals surface area contributed by atoms with Crippen LogP contribution >= 0.6 is 23.2 Å². The molecular weight excluding hydrogens is 413 g/mol. The van der Waals surface area contributed by atoms with Crippen LogP contribution < -0.4 is 5.32 Å². The molecule has 29 heavy (non-hydrogen) atoms. The number of hydrogen-bond acceptors (Lipinski definition) is 5. The number of nitrogens with zero attached hydrogens (tertiary/aromatic N) is 1. The average molecular weight is 436 g/mol. The van der Waals surface area contributed by atoms with Gasteiger partial charge in [0.05, 0.1) is 5.71 Å². The molecule has 1 amide bonds. The lowest BCUT2D eigenvalue weighted by Crippen LogP contribution is -2.28. The number of nitrogens with one attached hydrogen (secondary N) is 2. The van der Waals surface area contributed by atoms with Crippen molar-refractivity contribution in [2.45, 2.75) is 13.5 Å². The maximum atomic E-state index is 11.7. The Morgan fingerprint density at radius 1 is 1.17 bits per heavy atom. The van der Waals surface area contributed by atoms with E-state index in [9.17, 15) is 4.79 Å². The first-order chi connectivity index (χ1) is 13.9. The summed E-state index contributed by atoms with van der Waals surface area (Å²) in [7, 11) is 2.49. The molecule has 0 aliphatic heterocycles. The zero-order chi connectivity index (χ0) is 21.8. The minimum Gasteiger partial charge on any atom is -0.400 e. The van der Waals surface area contributed by atoms with Gasteiger partial charge in [-0.15, -0.1) is 0 Å². The van der Waals surface area contributed by atoms with Crippen LogP contribution in [0.2, 0.25) is 10.0 Å². The third-order valence-corrected chi connectivity index (χ3v) is 4.32. The first-order valence-corrected chi connectivity index (χ1v) is 9.32. The van der Waals surface area contributed by atoms with E-state index in [1.165, 1.54) is 7.05 Å². The Hall–Kier alpha value is -2.67. The van der Waals surface area contributed by atoms with E-state index in [-0.39, 0.29) is 12.3 Å². The maximum absolute atomic E-state index is 11.7. The number of amides is 1. The van der Waals surface area contributed by atoms with E-state index >= 15 is 0 Å². The van der Waals surface area contributed by atoms with Gasteiger partial charge in [0, 0.05) is 40.9 Å². The van der Waals surface area contributed by atoms with Crippen LogP contribution in [-0.4, -0.2) is 36.6 Å². The number of oxime groups is 1. The molecule has 0 atom stereocenters. The number of halogens is 2. The summed E-state index contributed by atoms with van der Waals surface area (Å²) >= 11 is 12.2. The Morgan fingerprint density at radius 3 is 2.41 bits per heavy atom. The van der Waals surface area contributed by atoms with E-state index in [2.05, 4.69) is 10.5 Å². The Bertz CT molecular complexity index is 892. The first kappa shape index (κ1) is 24.4. The summed E-state index contributed by atoms with van der Waals surface area (Å²) < 4.78 is 0. The third-order valence-electron chi connectivity index (χ3n) is 3.66. The molecule has 3 N–H and O–H groups in total. The highest BCUT2D eigenvalue weighted by Crippen LogP contribution is 2.25. The zero-order valence-corrected chi connectivity index (χ0v) is 17.9. The lowest BCUT2D eigenvalue weighted by atomic mass is 10.0. The summed E-state index contributed by atoms with van der Waals surface area (Å²) in [6, 6.07) is 12.4. The van der Waals surface area contributed by atoms with E-state index < -0.39 is 5.91 Å². The summed E-state index contributed by atoms with van der Waals surface area (Å²) in [6.07, 6.45) is 3.51. The number of aliphatic hydroxyl groups is 1. The smallest absolute Gasteiger partial charge is 0.269 e. The van der Waals surface area contributed by atoms with Gasteiger partial charge < -0.3 is 15.3 Å². The molecule has 0 fully saturated rings. The molecule has 2 aromatic rings. The predicted octanol–water partition coefficient (Wildman–Crippen LogP) is 4.32. The molecule has 0 saturated heterocycles. The van der Waals surface area contributed by atoms with Crippen LogP contribution in [0, 0.1) is 5.41 Å². The van der Waals surface area contributed by atoms with Gasteiger partial charge in [-0.3, -0.25) is 10.2 Å². The fraction of sp³-hybridized carbons (Fsp3) is 0.190. The molecule has 0 aromatic heterocycles. The normalized spacial score (nSPS) is 10.9. The van der Waals surface area contributed by atoms with Gasteiger partial charge in [-0.05, 0) is 25.1 Å². The van der Waals surface area contributed by atoms with Crippen LogP contribution in [0.5, 0.6) is 0 Å². The van der Waals surface area contributed by atoms with Crippen molar-refractivity contribution in [2.75, 3.05) is 14.2 Å². The number of allylic oxidation sites excluding steroid dienone is 1. The van der Waals surface area contributed by atoms with Gasteiger partial charge in [-0.1, -0.05) is 64.8 Å². The average Bonchev–Trinajstić information content (AvgIpc) is 2.74. The molecule has 0 bridgehead atoms. The fourth-order valence-electron chi connectivity index (χ4n) is 2.25. The molecule has 0 saturated carbocycles. The number of carbonyl (C=O) groups is 1. The van der Waals surface area contributed by atoms with E-state index in [1.807, 2.05) is 6.07 Å². The Balaban J connectivity index is 0.00000204.